The Kier molecular flexibility index (Phi) is 13.0. The molecule has 4 fully saturated rings. The molecular formula is C26H44O20. The second-order valence-corrected chi connectivity index (χ2v) is 11.7. The maximum Gasteiger partial charge on any atom is 0.295 e. The van der Waals surface area contributed by atoms with E-state index in [4.69, 9.17) is 37.9 Å². The van der Waals surface area contributed by atoms with Crippen LogP contribution in [0.5, 0.6) is 0 Å². The molecule has 20 unspecified atom stereocenters. The van der Waals surface area contributed by atoms with E-state index in [0.29, 0.717) is 0 Å². The second kappa shape index (κ2) is 16.0. The molecule has 4 heterocycles. The third kappa shape index (κ3) is 7.49. The second-order valence-electron chi connectivity index (χ2n) is 11.7. The van der Waals surface area contributed by atoms with Crippen LogP contribution in [-0.2, 0) is 42.7 Å². The van der Waals surface area contributed by atoms with Gasteiger partial charge < -0.3 is 94.1 Å². The van der Waals surface area contributed by atoms with Crippen LogP contribution < -0.4 is 0 Å². The standard InChI is InChI=1S/C26H44O20/c1-7-8(2)40-25(19(38)20(7)44-23-17(36)15(34)12(31)9(3-27)41-23)46-22-21(14(33)11(5-29)43-26(22)39-6-30)45-24-18(37)16(35)13(32)10(4-28)42-24/h6-29,31-38H,3-5H2,1-2H3. The number of rotatable bonds is 11. The highest BCUT2D eigenvalue weighted by molar-refractivity contribution is 5.37. The molecule has 4 aliphatic heterocycles. The van der Waals surface area contributed by atoms with E-state index in [1.807, 2.05) is 0 Å². The Labute approximate surface area is 262 Å². The molecule has 0 bridgehead atoms. The maximum atomic E-state index is 11.4. The van der Waals surface area contributed by atoms with Gasteiger partial charge in [-0.05, 0) is 6.92 Å². The Hall–Kier alpha value is -1.25. The highest BCUT2D eigenvalue weighted by Crippen LogP contribution is 2.36. The fourth-order valence-electron chi connectivity index (χ4n) is 5.80. The quantitative estimate of drug-likeness (QED) is 0.0905. The van der Waals surface area contributed by atoms with E-state index in [1.54, 1.807) is 13.8 Å². The Morgan fingerprint density at radius 2 is 0.913 bits per heavy atom. The Morgan fingerprint density at radius 3 is 1.39 bits per heavy atom. The van der Waals surface area contributed by atoms with Gasteiger partial charge in [0.15, 0.2) is 25.0 Å². The highest BCUT2D eigenvalue weighted by atomic mass is 16.8. The van der Waals surface area contributed by atoms with E-state index in [1.165, 1.54) is 0 Å². The van der Waals surface area contributed by atoms with Crippen molar-refractivity contribution >= 4 is 6.47 Å². The first-order chi connectivity index (χ1) is 21.8. The average molecular weight is 677 g/mol. The van der Waals surface area contributed by atoms with Crippen molar-refractivity contribution < 1.29 is 98.9 Å². The van der Waals surface area contributed by atoms with Gasteiger partial charge in [0.25, 0.3) is 6.47 Å². The van der Waals surface area contributed by atoms with Crippen LogP contribution >= 0.6 is 0 Å². The smallest absolute Gasteiger partial charge is 0.295 e. The van der Waals surface area contributed by atoms with Gasteiger partial charge >= 0.3 is 0 Å². The summed E-state index contributed by atoms with van der Waals surface area (Å²) < 4.78 is 44.6. The monoisotopic (exact) mass is 676 g/mol. The van der Waals surface area contributed by atoms with Crippen molar-refractivity contribution in [2.45, 2.75) is 131 Å². The topological polar surface area (TPSA) is 313 Å². The first-order valence-corrected chi connectivity index (χ1v) is 14.7. The Bertz CT molecular complexity index is 958. The van der Waals surface area contributed by atoms with Crippen LogP contribution in [0.2, 0.25) is 0 Å². The molecule has 4 saturated heterocycles. The minimum atomic E-state index is -1.93. The molecule has 20 nitrogen and oxygen atoms in total. The lowest BCUT2D eigenvalue weighted by Gasteiger charge is -2.49. The zero-order chi connectivity index (χ0) is 34.0. The summed E-state index contributed by atoms with van der Waals surface area (Å²) in [5.41, 5.74) is 0. The van der Waals surface area contributed by atoms with Gasteiger partial charge in [0, 0.05) is 5.92 Å². The minimum absolute atomic E-state index is 0.0358. The molecule has 11 N–H and O–H groups in total. The van der Waals surface area contributed by atoms with Crippen molar-refractivity contribution in [1.82, 2.24) is 0 Å². The predicted octanol–water partition coefficient (Wildman–Crippen LogP) is -7.27. The lowest BCUT2D eigenvalue weighted by molar-refractivity contribution is -0.392. The summed E-state index contributed by atoms with van der Waals surface area (Å²) in [7, 11) is 0. The molecule has 0 spiro atoms. The number of aliphatic hydroxyl groups excluding tert-OH is 11. The van der Waals surface area contributed by atoms with Crippen molar-refractivity contribution in [2.24, 2.45) is 5.92 Å². The van der Waals surface area contributed by atoms with E-state index in [-0.39, 0.29) is 6.47 Å². The van der Waals surface area contributed by atoms with Crippen LogP contribution in [0.1, 0.15) is 13.8 Å². The van der Waals surface area contributed by atoms with E-state index in [2.05, 4.69) is 0 Å². The van der Waals surface area contributed by atoms with E-state index in [0.717, 1.165) is 0 Å². The molecule has 20 atom stereocenters. The summed E-state index contributed by atoms with van der Waals surface area (Å²) in [6.45, 7) is 0.795. The molecule has 0 aromatic rings. The van der Waals surface area contributed by atoms with Crippen molar-refractivity contribution in [2.75, 3.05) is 19.8 Å². The summed E-state index contributed by atoms with van der Waals surface area (Å²) in [4.78, 5) is 11.4. The number of aliphatic hydroxyl groups is 11. The molecular weight excluding hydrogens is 632 g/mol. The van der Waals surface area contributed by atoms with Crippen LogP contribution in [0.3, 0.4) is 0 Å². The molecule has 0 aliphatic carbocycles. The van der Waals surface area contributed by atoms with Gasteiger partial charge in [-0.25, -0.2) is 0 Å². The molecule has 0 saturated carbocycles. The molecule has 0 amide bonds. The molecule has 20 heteroatoms. The van der Waals surface area contributed by atoms with Crippen LogP contribution in [0.4, 0.5) is 0 Å². The summed E-state index contributed by atoms with van der Waals surface area (Å²) in [6, 6.07) is 0. The van der Waals surface area contributed by atoms with E-state index in [9.17, 15) is 61.0 Å². The summed E-state index contributed by atoms with van der Waals surface area (Å²) >= 11 is 0. The SMILES string of the molecule is CC1OC(OC2C(OC=O)OC(CO)C(O)C2OC2OC(CO)C(O)C(O)C2O)C(O)C(OC2OC(CO)C(O)C(O)C2O)C1C. The van der Waals surface area contributed by atoms with Gasteiger partial charge in [-0.2, -0.15) is 0 Å². The summed E-state index contributed by atoms with van der Waals surface area (Å²) in [6.07, 6.45) is -30.9. The molecule has 4 rings (SSSR count). The Balaban J connectivity index is 1.59. The number of hydrogen-bond acceptors (Lipinski definition) is 20. The zero-order valence-corrected chi connectivity index (χ0v) is 24.8. The minimum Gasteiger partial charge on any atom is -0.435 e. The third-order valence-corrected chi connectivity index (χ3v) is 8.78. The molecule has 46 heavy (non-hydrogen) atoms. The van der Waals surface area contributed by atoms with Crippen LogP contribution in [-0.4, -0.2) is 199 Å². The van der Waals surface area contributed by atoms with Crippen LogP contribution in [0, 0.1) is 5.92 Å². The van der Waals surface area contributed by atoms with Crippen molar-refractivity contribution in [3.63, 3.8) is 0 Å². The molecule has 0 radical (unpaired) electrons. The maximum absolute atomic E-state index is 11.4. The van der Waals surface area contributed by atoms with Crippen molar-refractivity contribution in [3.05, 3.63) is 0 Å². The lowest BCUT2D eigenvalue weighted by Crippen LogP contribution is -2.67. The summed E-state index contributed by atoms with van der Waals surface area (Å²) in [5.74, 6) is -0.641. The van der Waals surface area contributed by atoms with Crippen LogP contribution in [0.15, 0.2) is 0 Å². The normalized spacial score (nSPS) is 51.8. The van der Waals surface area contributed by atoms with Gasteiger partial charge in [0.1, 0.15) is 73.2 Å². The fourth-order valence-corrected chi connectivity index (χ4v) is 5.80. The number of hydrogen-bond donors (Lipinski definition) is 11. The lowest BCUT2D eigenvalue weighted by atomic mass is 9.90. The zero-order valence-electron chi connectivity index (χ0n) is 24.8. The highest BCUT2D eigenvalue weighted by Gasteiger charge is 2.55. The van der Waals surface area contributed by atoms with Crippen LogP contribution in [0.25, 0.3) is 0 Å². The Morgan fingerprint density at radius 1 is 0.500 bits per heavy atom. The van der Waals surface area contributed by atoms with Gasteiger partial charge in [-0.1, -0.05) is 6.92 Å². The van der Waals surface area contributed by atoms with Gasteiger partial charge in [-0.3, -0.25) is 4.79 Å². The van der Waals surface area contributed by atoms with Crippen molar-refractivity contribution in [3.8, 4) is 0 Å². The predicted molar refractivity (Wildman–Crippen MR) is 141 cm³/mol. The van der Waals surface area contributed by atoms with Gasteiger partial charge in [0.05, 0.1) is 32.0 Å². The van der Waals surface area contributed by atoms with Gasteiger partial charge in [0.2, 0.25) is 6.29 Å². The average Bonchev–Trinajstić information content (AvgIpc) is 3.04. The van der Waals surface area contributed by atoms with Crippen molar-refractivity contribution in [1.29, 1.82) is 0 Å². The van der Waals surface area contributed by atoms with E-state index >= 15 is 0 Å². The first kappa shape index (κ1) is 37.6. The third-order valence-electron chi connectivity index (χ3n) is 8.78. The molecule has 268 valence electrons. The number of carbonyl (C=O) groups excluding carboxylic acids is 1. The molecule has 4 aliphatic rings. The van der Waals surface area contributed by atoms with E-state index < -0.39 is 142 Å². The fraction of sp³-hybridized carbons (Fsp3) is 0.962. The largest absolute Gasteiger partial charge is 0.435 e. The molecule has 0 aromatic heterocycles. The number of carbonyl (C=O) groups is 1. The molecule has 0 aromatic carbocycles. The first-order valence-electron chi connectivity index (χ1n) is 14.7. The number of ether oxygens (including phenoxy) is 8. The van der Waals surface area contributed by atoms with Gasteiger partial charge in [-0.15, -0.1) is 0 Å². The summed E-state index contributed by atoms with van der Waals surface area (Å²) in [5, 5.41) is 113.